The zero-order valence-corrected chi connectivity index (χ0v) is 11.2. The summed E-state index contributed by atoms with van der Waals surface area (Å²) in [6.45, 7) is 2.04. The van der Waals surface area contributed by atoms with Crippen LogP contribution in [0.15, 0.2) is 42.6 Å². The third kappa shape index (κ3) is 2.29. The molecule has 0 aliphatic heterocycles. The fourth-order valence-corrected chi connectivity index (χ4v) is 2.26. The van der Waals surface area contributed by atoms with E-state index in [0.717, 1.165) is 28.6 Å². The van der Waals surface area contributed by atoms with E-state index < -0.39 is 0 Å². The van der Waals surface area contributed by atoms with Crippen molar-refractivity contribution >= 4 is 22.4 Å². The molecule has 2 aromatic heterocycles. The second kappa shape index (κ2) is 4.94. The minimum Gasteiger partial charge on any atom is -0.252 e. The molecule has 0 fully saturated rings. The highest BCUT2D eigenvalue weighted by atomic mass is 35.5. The highest BCUT2D eigenvalue weighted by Crippen LogP contribution is 2.24. The average Bonchev–Trinajstić information content (AvgIpc) is 2.46. The summed E-state index contributed by atoms with van der Waals surface area (Å²) in [5, 5.41) is 2.61. The summed E-state index contributed by atoms with van der Waals surface area (Å²) in [5.41, 5.74) is 1.69. The van der Waals surface area contributed by atoms with Gasteiger partial charge in [0.15, 0.2) is 5.82 Å². The van der Waals surface area contributed by atoms with E-state index in [-0.39, 0.29) is 0 Å². The molecule has 0 N–H and O–H groups in total. The normalized spacial score (nSPS) is 10.8. The van der Waals surface area contributed by atoms with Crippen LogP contribution in [-0.4, -0.2) is 15.0 Å². The van der Waals surface area contributed by atoms with Crippen molar-refractivity contribution in [3.63, 3.8) is 0 Å². The molecular formula is C15H12ClN3. The molecule has 0 radical (unpaired) electrons. The second-order valence-electron chi connectivity index (χ2n) is 4.24. The van der Waals surface area contributed by atoms with Crippen LogP contribution in [0.4, 0.5) is 0 Å². The van der Waals surface area contributed by atoms with Crippen molar-refractivity contribution in [1.29, 1.82) is 0 Å². The maximum Gasteiger partial charge on any atom is 0.180 e. The van der Waals surface area contributed by atoms with Crippen molar-refractivity contribution in [1.82, 2.24) is 15.0 Å². The van der Waals surface area contributed by atoms with Crippen LogP contribution in [0.1, 0.15) is 12.6 Å². The van der Waals surface area contributed by atoms with Gasteiger partial charge in [0.05, 0.1) is 0 Å². The average molecular weight is 270 g/mol. The smallest absolute Gasteiger partial charge is 0.180 e. The maximum atomic E-state index is 6.05. The second-order valence-corrected chi connectivity index (χ2v) is 4.63. The number of rotatable bonds is 2. The van der Waals surface area contributed by atoms with Crippen LogP contribution in [0, 0.1) is 0 Å². The van der Waals surface area contributed by atoms with Crippen LogP contribution < -0.4 is 0 Å². The number of aromatic nitrogens is 3. The summed E-state index contributed by atoms with van der Waals surface area (Å²) >= 11 is 6.05. The van der Waals surface area contributed by atoms with E-state index in [4.69, 9.17) is 11.6 Å². The van der Waals surface area contributed by atoms with Gasteiger partial charge in [-0.05, 0) is 23.9 Å². The van der Waals surface area contributed by atoms with Crippen molar-refractivity contribution in [3.05, 3.63) is 53.4 Å². The maximum absolute atomic E-state index is 6.05. The predicted octanol–water partition coefficient (Wildman–Crippen LogP) is 3.91. The van der Waals surface area contributed by atoms with E-state index in [1.54, 1.807) is 12.3 Å². The zero-order chi connectivity index (χ0) is 13.2. The molecule has 94 valence electrons. The molecule has 3 rings (SSSR count). The number of aryl methyl sites for hydroxylation is 1. The summed E-state index contributed by atoms with van der Waals surface area (Å²) in [5.74, 6) is 0.584. The molecule has 0 saturated carbocycles. The van der Waals surface area contributed by atoms with E-state index in [1.165, 1.54) is 0 Å². The van der Waals surface area contributed by atoms with Crippen LogP contribution >= 0.6 is 11.6 Å². The van der Waals surface area contributed by atoms with Crippen LogP contribution in [0.2, 0.25) is 5.15 Å². The van der Waals surface area contributed by atoms with Crippen LogP contribution in [0.3, 0.4) is 0 Å². The van der Waals surface area contributed by atoms with Crippen LogP contribution in [0.25, 0.3) is 22.3 Å². The SMILES string of the molecule is CCc1cc(Cl)nc(-c2nccc3ccccc23)n1. The van der Waals surface area contributed by atoms with E-state index in [9.17, 15) is 0 Å². The van der Waals surface area contributed by atoms with Gasteiger partial charge in [-0.1, -0.05) is 42.8 Å². The third-order valence-corrected chi connectivity index (χ3v) is 3.19. The first kappa shape index (κ1) is 12.1. The highest BCUT2D eigenvalue weighted by Gasteiger charge is 2.10. The molecule has 19 heavy (non-hydrogen) atoms. The molecule has 4 heteroatoms. The number of hydrogen-bond acceptors (Lipinski definition) is 3. The molecule has 0 atom stereocenters. The Bertz CT molecular complexity index is 735. The van der Waals surface area contributed by atoms with E-state index in [0.29, 0.717) is 11.0 Å². The van der Waals surface area contributed by atoms with Gasteiger partial charge in [-0.25, -0.2) is 9.97 Å². The molecule has 1 aromatic carbocycles. The van der Waals surface area contributed by atoms with Gasteiger partial charge < -0.3 is 0 Å². The minimum atomic E-state index is 0.455. The Morgan fingerprint density at radius 1 is 1.11 bits per heavy atom. The molecule has 0 bridgehead atoms. The number of pyridine rings is 1. The lowest BCUT2D eigenvalue weighted by atomic mass is 10.1. The molecule has 0 saturated heterocycles. The van der Waals surface area contributed by atoms with Gasteiger partial charge in [-0.3, -0.25) is 4.98 Å². The van der Waals surface area contributed by atoms with Gasteiger partial charge in [-0.15, -0.1) is 0 Å². The molecular weight excluding hydrogens is 258 g/mol. The topological polar surface area (TPSA) is 38.7 Å². The monoisotopic (exact) mass is 269 g/mol. The summed E-state index contributed by atoms with van der Waals surface area (Å²) < 4.78 is 0. The zero-order valence-electron chi connectivity index (χ0n) is 10.5. The Labute approximate surface area is 116 Å². The number of nitrogens with zero attached hydrogens (tertiary/aromatic N) is 3. The van der Waals surface area contributed by atoms with Gasteiger partial charge in [0.25, 0.3) is 0 Å². The Hall–Kier alpha value is -2.00. The minimum absolute atomic E-state index is 0.455. The van der Waals surface area contributed by atoms with Crippen molar-refractivity contribution in [2.24, 2.45) is 0 Å². The van der Waals surface area contributed by atoms with Crippen molar-refractivity contribution in [2.45, 2.75) is 13.3 Å². The van der Waals surface area contributed by atoms with Gasteiger partial charge in [0.1, 0.15) is 10.8 Å². The number of halogens is 1. The molecule has 0 aliphatic rings. The van der Waals surface area contributed by atoms with Crippen LogP contribution in [-0.2, 0) is 6.42 Å². The first-order chi connectivity index (χ1) is 9.28. The Balaban J connectivity index is 2.27. The fraction of sp³-hybridized carbons (Fsp3) is 0.133. The van der Waals surface area contributed by atoms with Crippen molar-refractivity contribution < 1.29 is 0 Å². The van der Waals surface area contributed by atoms with Gasteiger partial charge in [-0.2, -0.15) is 0 Å². The summed E-state index contributed by atoms with van der Waals surface area (Å²) in [7, 11) is 0. The lowest BCUT2D eigenvalue weighted by Gasteiger charge is -2.06. The van der Waals surface area contributed by atoms with Crippen molar-refractivity contribution in [3.8, 4) is 11.5 Å². The molecule has 0 amide bonds. The van der Waals surface area contributed by atoms with Gasteiger partial charge in [0, 0.05) is 17.3 Å². The molecule has 3 aromatic rings. The summed E-state index contributed by atoms with van der Waals surface area (Å²) in [4.78, 5) is 13.2. The fourth-order valence-electron chi connectivity index (χ4n) is 2.05. The van der Waals surface area contributed by atoms with E-state index in [1.807, 2.05) is 37.3 Å². The Morgan fingerprint density at radius 3 is 2.79 bits per heavy atom. The van der Waals surface area contributed by atoms with Gasteiger partial charge in [0.2, 0.25) is 0 Å². The number of fused-ring (bicyclic) bond motifs is 1. The quantitative estimate of drug-likeness (QED) is 0.662. The Morgan fingerprint density at radius 2 is 1.95 bits per heavy atom. The third-order valence-electron chi connectivity index (χ3n) is 3.00. The summed E-state index contributed by atoms with van der Waals surface area (Å²) in [6, 6.07) is 11.8. The number of benzene rings is 1. The largest absolute Gasteiger partial charge is 0.252 e. The van der Waals surface area contributed by atoms with Crippen molar-refractivity contribution in [2.75, 3.05) is 0 Å². The van der Waals surface area contributed by atoms with Crippen LogP contribution in [0.5, 0.6) is 0 Å². The standard InChI is InChI=1S/C15H12ClN3/c1-2-11-9-13(16)19-15(18-11)14-12-6-4-3-5-10(12)7-8-17-14/h3-9H,2H2,1H3. The number of hydrogen-bond donors (Lipinski definition) is 0. The molecule has 0 unspecified atom stereocenters. The lowest BCUT2D eigenvalue weighted by Crippen LogP contribution is -1.97. The predicted molar refractivity (Wildman–Crippen MR) is 77.2 cm³/mol. The molecule has 2 heterocycles. The molecule has 0 aliphatic carbocycles. The first-order valence-corrected chi connectivity index (χ1v) is 6.53. The lowest BCUT2D eigenvalue weighted by molar-refractivity contribution is 1.00. The molecule has 3 nitrogen and oxygen atoms in total. The first-order valence-electron chi connectivity index (χ1n) is 6.15. The highest BCUT2D eigenvalue weighted by molar-refractivity contribution is 6.29. The van der Waals surface area contributed by atoms with Gasteiger partial charge >= 0.3 is 0 Å². The Kier molecular flexibility index (Phi) is 3.13. The summed E-state index contributed by atoms with van der Waals surface area (Å²) in [6.07, 6.45) is 2.59. The van der Waals surface area contributed by atoms with E-state index in [2.05, 4.69) is 15.0 Å². The molecule has 0 spiro atoms. The van der Waals surface area contributed by atoms with E-state index >= 15 is 0 Å².